The normalized spacial score (nSPS) is 19.4. The number of hydrogen-bond acceptors (Lipinski definition) is 4. The molecular formula is C15H20N4O2. The minimum Gasteiger partial charge on any atom is -0.480 e. The van der Waals surface area contributed by atoms with Gasteiger partial charge < -0.3 is 10.0 Å². The second-order valence-electron chi connectivity index (χ2n) is 6.55. The van der Waals surface area contributed by atoms with Crippen molar-refractivity contribution < 1.29 is 9.90 Å². The van der Waals surface area contributed by atoms with Gasteiger partial charge in [0.05, 0.1) is 5.69 Å². The van der Waals surface area contributed by atoms with Gasteiger partial charge in [0.25, 0.3) is 0 Å². The number of nitrogens with zero attached hydrogens (tertiary/aromatic N) is 4. The Morgan fingerprint density at radius 1 is 1.43 bits per heavy atom. The summed E-state index contributed by atoms with van der Waals surface area (Å²) in [5.41, 5.74) is 1.79. The Morgan fingerprint density at radius 2 is 2.19 bits per heavy atom. The molecule has 1 N–H and O–H groups in total. The maximum atomic E-state index is 11.4. The predicted molar refractivity (Wildman–Crippen MR) is 79.7 cm³/mol. The zero-order valence-corrected chi connectivity index (χ0v) is 12.6. The molecule has 1 aliphatic heterocycles. The Balaban J connectivity index is 2.10. The molecule has 3 heterocycles. The minimum absolute atomic E-state index is 0.0551. The second-order valence-corrected chi connectivity index (χ2v) is 6.55. The van der Waals surface area contributed by atoms with Gasteiger partial charge in [-0.1, -0.05) is 20.8 Å². The van der Waals surface area contributed by atoms with E-state index < -0.39 is 12.0 Å². The number of hydrogen-bond donors (Lipinski definition) is 1. The quantitative estimate of drug-likeness (QED) is 0.916. The molecule has 0 bridgehead atoms. The van der Waals surface area contributed by atoms with Crippen LogP contribution in [0.4, 0.5) is 5.82 Å². The van der Waals surface area contributed by atoms with Gasteiger partial charge in [-0.05, 0) is 18.9 Å². The smallest absolute Gasteiger partial charge is 0.326 e. The molecule has 6 nitrogen and oxygen atoms in total. The highest BCUT2D eigenvalue weighted by Gasteiger charge is 2.33. The highest BCUT2D eigenvalue weighted by atomic mass is 16.4. The Bertz CT molecular complexity index is 687. The second kappa shape index (κ2) is 4.72. The van der Waals surface area contributed by atoms with Crippen molar-refractivity contribution in [1.29, 1.82) is 0 Å². The zero-order valence-electron chi connectivity index (χ0n) is 12.6. The van der Waals surface area contributed by atoms with Crippen molar-refractivity contribution in [2.24, 2.45) is 0 Å². The predicted octanol–water partition coefficient (Wildman–Crippen LogP) is 2.08. The summed E-state index contributed by atoms with van der Waals surface area (Å²) in [7, 11) is 0. The standard InChI is InChI=1S/C15H20N4O2/c1-15(2,3)12-9-11-13(16-6-8-19(11)17-12)18-7-4-5-10(18)14(20)21/h6,8-10H,4-5,7H2,1-3H3,(H,20,21). The zero-order chi connectivity index (χ0) is 15.2. The molecule has 0 aliphatic carbocycles. The summed E-state index contributed by atoms with van der Waals surface area (Å²) in [5.74, 6) is -0.0720. The van der Waals surface area contributed by atoms with E-state index in [4.69, 9.17) is 0 Å². The number of fused-ring (bicyclic) bond motifs is 1. The lowest BCUT2D eigenvalue weighted by atomic mass is 9.92. The van der Waals surface area contributed by atoms with Gasteiger partial charge in [0.1, 0.15) is 11.6 Å². The summed E-state index contributed by atoms with van der Waals surface area (Å²) in [6.45, 7) is 7.05. The van der Waals surface area contributed by atoms with Crippen LogP contribution in [0.2, 0.25) is 0 Å². The molecular weight excluding hydrogens is 268 g/mol. The van der Waals surface area contributed by atoms with Gasteiger partial charge in [0.15, 0.2) is 5.82 Å². The summed E-state index contributed by atoms with van der Waals surface area (Å²) in [6.07, 6.45) is 5.03. The Hall–Kier alpha value is -2.11. The van der Waals surface area contributed by atoms with Crippen molar-refractivity contribution in [2.45, 2.75) is 45.1 Å². The van der Waals surface area contributed by atoms with E-state index in [1.165, 1.54) is 0 Å². The fraction of sp³-hybridized carbons (Fsp3) is 0.533. The molecule has 2 aromatic heterocycles. The number of carboxylic acid groups (broad SMARTS) is 1. The number of aromatic nitrogens is 3. The van der Waals surface area contributed by atoms with Gasteiger partial charge in [-0.2, -0.15) is 5.10 Å². The highest BCUT2D eigenvalue weighted by molar-refractivity contribution is 5.81. The summed E-state index contributed by atoms with van der Waals surface area (Å²) < 4.78 is 1.79. The van der Waals surface area contributed by atoms with Gasteiger partial charge in [-0.3, -0.25) is 0 Å². The van der Waals surface area contributed by atoms with Crippen molar-refractivity contribution >= 4 is 17.3 Å². The van der Waals surface area contributed by atoms with Gasteiger partial charge in [0, 0.05) is 24.4 Å². The first-order valence-corrected chi connectivity index (χ1v) is 7.22. The summed E-state index contributed by atoms with van der Waals surface area (Å²) in [4.78, 5) is 17.7. The van der Waals surface area contributed by atoms with E-state index in [1.807, 2.05) is 11.0 Å². The fourth-order valence-electron chi connectivity index (χ4n) is 2.77. The van der Waals surface area contributed by atoms with Crippen LogP contribution in [-0.2, 0) is 10.2 Å². The molecule has 1 fully saturated rings. The molecule has 2 aromatic rings. The van der Waals surface area contributed by atoms with Crippen LogP contribution in [0.15, 0.2) is 18.5 Å². The van der Waals surface area contributed by atoms with Crippen molar-refractivity contribution in [3.05, 3.63) is 24.2 Å². The molecule has 0 aromatic carbocycles. The summed E-state index contributed by atoms with van der Waals surface area (Å²) >= 11 is 0. The Kier molecular flexibility index (Phi) is 3.11. The van der Waals surface area contributed by atoms with Crippen LogP contribution >= 0.6 is 0 Å². The van der Waals surface area contributed by atoms with E-state index in [1.54, 1.807) is 16.9 Å². The fourth-order valence-corrected chi connectivity index (χ4v) is 2.77. The van der Waals surface area contributed by atoms with E-state index in [0.29, 0.717) is 12.2 Å². The van der Waals surface area contributed by atoms with Crippen molar-refractivity contribution in [2.75, 3.05) is 11.4 Å². The maximum Gasteiger partial charge on any atom is 0.326 e. The first-order valence-electron chi connectivity index (χ1n) is 7.22. The minimum atomic E-state index is -0.785. The number of carbonyl (C=O) groups is 1. The average Bonchev–Trinajstić information content (AvgIpc) is 3.04. The van der Waals surface area contributed by atoms with Crippen molar-refractivity contribution in [3.63, 3.8) is 0 Å². The summed E-state index contributed by atoms with van der Waals surface area (Å²) in [5, 5.41) is 13.9. The van der Waals surface area contributed by atoms with Gasteiger partial charge in [-0.25, -0.2) is 14.3 Å². The van der Waals surface area contributed by atoms with Crippen LogP contribution in [0.3, 0.4) is 0 Å². The van der Waals surface area contributed by atoms with Crippen LogP contribution < -0.4 is 4.90 Å². The topological polar surface area (TPSA) is 70.7 Å². The number of carboxylic acids is 1. The first-order chi connectivity index (χ1) is 9.88. The lowest BCUT2D eigenvalue weighted by Gasteiger charge is -2.22. The molecule has 0 saturated carbocycles. The van der Waals surface area contributed by atoms with Crippen LogP contribution in [0.1, 0.15) is 39.3 Å². The van der Waals surface area contributed by atoms with Gasteiger partial charge in [0.2, 0.25) is 0 Å². The lowest BCUT2D eigenvalue weighted by Crippen LogP contribution is -2.36. The van der Waals surface area contributed by atoms with Crippen LogP contribution in [0.5, 0.6) is 0 Å². The van der Waals surface area contributed by atoms with Gasteiger partial charge >= 0.3 is 5.97 Å². The SMILES string of the molecule is CC(C)(C)c1cc2c(N3CCCC3C(=O)O)nccn2n1. The summed E-state index contributed by atoms with van der Waals surface area (Å²) in [6, 6.07) is 1.52. The van der Waals surface area contributed by atoms with Crippen molar-refractivity contribution in [1.82, 2.24) is 14.6 Å². The highest BCUT2D eigenvalue weighted by Crippen LogP contribution is 2.30. The molecule has 6 heteroatoms. The van der Waals surface area contributed by atoms with Crippen LogP contribution in [0, 0.1) is 0 Å². The third-order valence-corrected chi connectivity index (χ3v) is 3.95. The molecule has 1 unspecified atom stereocenters. The number of rotatable bonds is 2. The van der Waals surface area contributed by atoms with Crippen molar-refractivity contribution in [3.8, 4) is 0 Å². The third-order valence-electron chi connectivity index (χ3n) is 3.95. The molecule has 0 radical (unpaired) electrons. The Morgan fingerprint density at radius 3 is 2.86 bits per heavy atom. The van der Waals surface area contributed by atoms with E-state index in [9.17, 15) is 9.90 Å². The molecule has 1 saturated heterocycles. The molecule has 3 rings (SSSR count). The average molecular weight is 288 g/mol. The van der Waals surface area contributed by atoms with Crippen LogP contribution in [0.25, 0.3) is 5.52 Å². The van der Waals surface area contributed by atoms with E-state index in [2.05, 4.69) is 30.9 Å². The molecule has 1 aliphatic rings. The van der Waals surface area contributed by atoms with E-state index in [-0.39, 0.29) is 5.41 Å². The molecule has 0 spiro atoms. The maximum absolute atomic E-state index is 11.4. The molecule has 112 valence electrons. The molecule has 1 atom stereocenters. The Labute approximate surface area is 123 Å². The number of anilines is 1. The van der Waals surface area contributed by atoms with Crippen LogP contribution in [-0.4, -0.2) is 38.3 Å². The first kappa shape index (κ1) is 13.9. The molecule has 21 heavy (non-hydrogen) atoms. The monoisotopic (exact) mass is 288 g/mol. The third kappa shape index (κ3) is 2.34. The lowest BCUT2D eigenvalue weighted by molar-refractivity contribution is -0.138. The van der Waals surface area contributed by atoms with Gasteiger partial charge in [-0.15, -0.1) is 0 Å². The largest absolute Gasteiger partial charge is 0.480 e. The van der Waals surface area contributed by atoms with E-state index >= 15 is 0 Å². The molecule has 0 amide bonds. The number of aliphatic carboxylic acids is 1. The van der Waals surface area contributed by atoms with E-state index in [0.717, 1.165) is 24.2 Å².